The molecular formula is C13H13NO4. The van der Waals surface area contributed by atoms with Crippen molar-refractivity contribution < 1.29 is 19.4 Å². The fourth-order valence-corrected chi connectivity index (χ4v) is 2.87. The number of ether oxygens (including phenoxy) is 1. The summed E-state index contributed by atoms with van der Waals surface area (Å²) >= 11 is 0. The van der Waals surface area contributed by atoms with Gasteiger partial charge in [-0.1, -0.05) is 18.2 Å². The summed E-state index contributed by atoms with van der Waals surface area (Å²) in [6.07, 6.45) is 0.479. The molecule has 0 saturated carbocycles. The third kappa shape index (κ3) is 1.47. The lowest BCUT2D eigenvalue weighted by molar-refractivity contribution is -0.156. The molecular weight excluding hydrogens is 234 g/mol. The van der Waals surface area contributed by atoms with Gasteiger partial charge in [0.05, 0.1) is 0 Å². The minimum Gasteiger partial charge on any atom is -0.481 e. The molecule has 1 amide bonds. The first-order valence-corrected chi connectivity index (χ1v) is 5.83. The van der Waals surface area contributed by atoms with E-state index < -0.39 is 23.5 Å². The van der Waals surface area contributed by atoms with Crippen molar-refractivity contribution in [2.75, 3.05) is 0 Å². The standard InChI is InChI=1S/C13H13NO4/c1-13-6-8(10(12(16)17)11(15)14-13)7-4-2-3-5-9(7)18-13/h2-5,8,10H,6H2,1H3,(H,14,15)(H,16,17). The third-order valence-corrected chi connectivity index (χ3v) is 3.60. The summed E-state index contributed by atoms with van der Waals surface area (Å²) in [7, 11) is 0. The van der Waals surface area contributed by atoms with Gasteiger partial charge in [0, 0.05) is 12.3 Å². The summed E-state index contributed by atoms with van der Waals surface area (Å²) in [4.78, 5) is 23.2. The van der Waals surface area contributed by atoms with Gasteiger partial charge < -0.3 is 15.2 Å². The maximum Gasteiger partial charge on any atom is 0.316 e. The van der Waals surface area contributed by atoms with Gasteiger partial charge in [-0.05, 0) is 18.6 Å². The molecule has 3 unspecified atom stereocenters. The number of para-hydroxylation sites is 1. The Morgan fingerprint density at radius 1 is 1.50 bits per heavy atom. The van der Waals surface area contributed by atoms with E-state index in [1.165, 1.54) is 0 Å². The number of fused-ring (bicyclic) bond motifs is 4. The van der Waals surface area contributed by atoms with Crippen molar-refractivity contribution in [1.82, 2.24) is 5.32 Å². The van der Waals surface area contributed by atoms with Crippen LogP contribution in [0.5, 0.6) is 5.75 Å². The molecule has 2 aliphatic rings. The lowest BCUT2D eigenvalue weighted by Gasteiger charge is -2.46. The van der Waals surface area contributed by atoms with E-state index in [4.69, 9.17) is 4.74 Å². The first-order valence-electron chi connectivity index (χ1n) is 5.83. The fraction of sp³-hybridized carbons (Fsp3) is 0.385. The van der Waals surface area contributed by atoms with Crippen molar-refractivity contribution in [3.63, 3.8) is 0 Å². The molecule has 2 aliphatic heterocycles. The van der Waals surface area contributed by atoms with Crippen molar-refractivity contribution >= 4 is 11.9 Å². The Balaban J connectivity index is 2.14. The molecule has 1 aromatic carbocycles. The molecule has 1 fully saturated rings. The van der Waals surface area contributed by atoms with Crippen molar-refractivity contribution in [2.24, 2.45) is 5.92 Å². The van der Waals surface area contributed by atoms with Gasteiger partial charge in [0.1, 0.15) is 11.7 Å². The Kier molecular flexibility index (Phi) is 2.14. The summed E-state index contributed by atoms with van der Waals surface area (Å²) in [6, 6.07) is 7.29. The number of hydrogen-bond acceptors (Lipinski definition) is 3. The zero-order chi connectivity index (χ0) is 12.9. The molecule has 94 valence electrons. The number of amides is 1. The maximum atomic E-state index is 11.9. The monoisotopic (exact) mass is 247 g/mol. The lowest BCUT2D eigenvalue weighted by Crippen LogP contribution is -2.61. The highest BCUT2D eigenvalue weighted by molar-refractivity contribution is 5.99. The molecule has 2 N–H and O–H groups in total. The van der Waals surface area contributed by atoms with Crippen LogP contribution in [0.3, 0.4) is 0 Å². The summed E-state index contributed by atoms with van der Waals surface area (Å²) in [6.45, 7) is 1.77. The normalized spacial score (nSPS) is 33.1. The van der Waals surface area contributed by atoms with Gasteiger partial charge in [0.2, 0.25) is 5.91 Å². The largest absolute Gasteiger partial charge is 0.481 e. The predicted octanol–water partition coefficient (Wildman–Crippen LogP) is 1.10. The van der Waals surface area contributed by atoms with Crippen LogP contribution < -0.4 is 10.1 Å². The topological polar surface area (TPSA) is 75.6 Å². The smallest absolute Gasteiger partial charge is 0.316 e. The van der Waals surface area contributed by atoms with E-state index in [1.807, 2.05) is 18.2 Å². The highest BCUT2D eigenvalue weighted by atomic mass is 16.5. The molecule has 5 heteroatoms. The average Bonchev–Trinajstić information content (AvgIpc) is 2.26. The van der Waals surface area contributed by atoms with Gasteiger partial charge >= 0.3 is 5.97 Å². The molecule has 1 saturated heterocycles. The van der Waals surface area contributed by atoms with Crippen LogP contribution in [0.1, 0.15) is 24.8 Å². The van der Waals surface area contributed by atoms with Crippen LogP contribution in [0, 0.1) is 5.92 Å². The number of nitrogens with one attached hydrogen (secondary N) is 1. The second-order valence-electron chi connectivity index (χ2n) is 4.99. The summed E-state index contributed by atoms with van der Waals surface area (Å²) in [5.41, 5.74) is -0.000532. The number of hydrogen-bond donors (Lipinski definition) is 2. The highest BCUT2D eigenvalue weighted by Crippen LogP contribution is 2.46. The van der Waals surface area contributed by atoms with Gasteiger partial charge in [-0.2, -0.15) is 0 Å². The van der Waals surface area contributed by atoms with E-state index in [0.717, 1.165) is 5.56 Å². The lowest BCUT2D eigenvalue weighted by atomic mass is 9.75. The van der Waals surface area contributed by atoms with Gasteiger partial charge in [0.15, 0.2) is 5.72 Å². The summed E-state index contributed by atoms with van der Waals surface area (Å²) in [5.74, 6) is -2.27. The van der Waals surface area contributed by atoms with E-state index in [-0.39, 0.29) is 5.92 Å². The third-order valence-electron chi connectivity index (χ3n) is 3.60. The SMILES string of the molecule is CC12CC(c3ccccc3O1)C(C(=O)O)C(=O)N2. The Labute approximate surface area is 104 Å². The first kappa shape index (κ1) is 11.1. The van der Waals surface area contributed by atoms with Crippen LogP contribution in [0.4, 0.5) is 0 Å². The zero-order valence-electron chi connectivity index (χ0n) is 9.84. The molecule has 2 bridgehead atoms. The van der Waals surface area contributed by atoms with Crippen molar-refractivity contribution in [1.29, 1.82) is 0 Å². The number of aliphatic carboxylic acids is 1. The van der Waals surface area contributed by atoms with Crippen LogP contribution in [0.25, 0.3) is 0 Å². The number of benzene rings is 1. The number of carboxylic acid groups (broad SMARTS) is 1. The highest BCUT2D eigenvalue weighted by Gasteiger charge is 2.51. The number of piperidine rings is 1. The quantitative estimate of drug-likeness (QED) is 0.729. The van der Waals surface area contributed by atoms with Gasteiger partial charge in [-0.15, -0.1) is 0 Å². The van der Waals surface area contributed by atoms with Crippen LogP contribution in [-0.4, -0.2) is 22.7 Å². The molecule has 0 spiro atoms. The Morgan fingerprint density at radius 3 is 2.94 bits per heavy atom. The fourth-order valence-electron chi connectivity index (χ4n) is 2.87. The first-order chi connectivity index (χ1) is 8.50. The average molecular weight is 247 g/mol. The number of carboxylic acids is 1. The van der Waals surface area contributed by atoms with Crippen LogP contribution in [0.15, 0.2) is 24.3 Å². The van der Waals surface area contributed by atoms with Crippen LogP contribution in [-0.2, 0) is 9.59 Å². The van der Waals surface area contributed by atoms with Crippen LogP contribution in [0.2, 0.25) is 0 Å². The van der Waals surface area contributed by atoms with E-state index >= 15 is 0 Å². The molecule has 5 nitrogen and oxygen atoms in total. The second-order valence-corrected chi connectivity index (χ2v) is 4.99. The molecule has 18 heavy (non-hydrogen) atoms. The molecule has 0 aliphatic carbocycles. The summed E-state index contributed by atoms with van der Waals surface area (Å²) < 4.78 is 5.76. The summed E-state index contributed by atoms with van der Waals surface area (Å²) in [5, 5.41) is 11.9. The van der Waals surface area contributed by atoms with E-state index in [2.05, 4.69) is 5.32 Å². The molecule has 3 atom stereocenters. The van der Waals surface area contributed by atoms with Gasteiger partial charge in [-0.25, -0.2) is 0 Å². The molecule has 1 aromatic rings. The number of carbonyl (C=O) groups excluding carboxylic acids is 1. The number of carbonyl (C=O) groups is 2. The molecule has 0 aromatic heterocycles. The van der Waals surface area contributed by atoms with Crippen molar-refractivity contribution in [3.05, 3.63) is 29.8 Å². The molecule has 3 rings (SSSR count). The van der Waals surface area contributed by atoms with E-state index in [1.54, 1.807) is 13.0 Å². The minimum absolute atomic E-state index is 0.328. The second kappa shape index (κ2) is 3.48. The number of rotatable bonds is 1. The Hall–Kier alpha value is -2.04. The van der Waals surface area contributed by atoms with Crippen LogP contribution >= 0.6 is 0 Å². The van der Waals surface area contributed by atoms with Crippen molar-refractivity contribution in [2.45, 2.75) is 25.0 Å². The van der Waals surface area contributed by atoms with Gasteiger partial charge in [-0.3, -0.25) is 9.59 Å². The molecule has 2 heterocycles. The molecule has 0 radical (unpaired) electrons. The Morgan fingerprint density at radius 2 is 2.22 bits per heavy atom. The van der Waals surface area contributed by atoms with Gasteiger partial charge in [0.25, 0.3) is 0 Å². The predicted molar refractivity (Wildman–Crippen MR) is 62.1 cm³/mol. The van der Waals surface area contributed by atoms with E-state index in [0.29, 0.717) is 12.2 Å². The van der Waals surface area contributed by atoms with Crippen molar-refractivity contribution in [3.8, 4) is 5.75 Å². The zero-order valence-corrected chi connectivity index (χ0v) is 9.84. The Bertz CT molecular complexity index is 542. The minimum atomic E-state index is -1.09. The maximum absolute atomic E-state index is 11.9. The van der Waals surface area contributed by atoms with E-state index in [9.17, 15) is 14.7 Å².